The van der Waals surface area contributed by atoms with Crippen LogP contribution in [0.1, 0.15) is 12.5 Å². The molecule has 10 heteroatoms. The minimum absolute atomic E-state index is 0.127. The van der Waals surface area contributed by atoms with E-state index in [0.29, 0.717) is 42.7 Å². The maximum absolute atomic E-state index is 14.0. The van der Waals surface area contributed by atoms with Gasteiger partial charge in [0.15, 0.2) is 17.4 Å². The number of para-hydroxylation sites is 1. The van der Waals surface area contributed by atoms with Crippen molar-refractivity contribution in [2.24, 2.45) is 0 Å². The number of anilines is 1. The second-order valence-electron chi connectivity index (χ2n) is 9.40. The quantitative estimate of drug-likeness (QED) is 0.396. The highest BCUT2D eigenvalue weighted by Crippen LogP contribution is 2.36. The summed E-state index contributed by atoms with van der Waals surface area (Å²) >= 11 is 0. The molecule has 4 aromatic rings. The highest BCUT2D eigenvalue weighted by molar-refractivity contribution is 6.02. The van der Waals surface area contributed by atoms with Gasteiger partial charge >= 0.3 is 0 Å². The summed E-state index contributed by atoms with van der Waals surface area (Å²) in [6, 6.07) is 13.1. The largest absolute Gasteiger partial charge is 0.454 e. The van der Waals surface area contributed by atoms with Gasteiger partial charge in [0.2, 0.25) is 0 Å². The van der Waals surface area contributed by atoms with E-state index in [0.717, 1.165) is 11.1 Å². The zero-order valence-corrected chi connectivity index (χ0v) is 21.1. The number of nitrogen functional groups attached to an aromatic ring is 1. The van der Waals surface area contributed by atoms with Gasteiger partial charge in [-0.05, 0) is 56.3 Å². The molecule has 1 saturated heterocycles. The van der Waals surface area contributed by atoms with Crippen molar-refractivity contribution >= 4 is 22.6 Å². The summed E-state index contributed by atoms with van der Waals surface area (Å²) in [5.74, 6) is 5.68. The Morgan fingerprint density at radius 3 is 2.74 bits per heavy atom. The standard InChI is InChI=1S/C28H27FN6O3/c1-33(2)14-5-8-24(36)34-15-13-19(16-34)35-17-21(25-26(35)28(37)32-31-27(25)30)18-9-11-20(12-10-18)38-23-7-4-3-6-22(23)29/h3-4,6-7,9-12,17,19H,13-16H2,1-2H3,(H2,30,31)(H,32,37). The molecule has 5 rings (SSSR count). The van der Waals surface area contributed by atoms with Crippen LogP contribution in [0.5, 0.6) is 11.5 Å². The summed E-state index contributed by atoms with van der Waals surface area (Å²) in [4.78, 5) is 29.1. The van der Waals surface area contributed by atoms with Crippen molar-refractivity contribution in [3.05, 3.63) is 70.9 Å². The van der Waals surface area contributed by atoms with Crippen LogP contribution >= 0.6 is 0 Å². The molecule has 0 spiro atoms. The Morgan fingerprint density at radius 2 is 2.00 bits per heavy atom. The lowest BCUT2D eigenvalue weighted by Gasteiger charge is -2.15. The lowest BCUT2D eigenvalue weighted by molar-refractivity contribution is -0.124. The molecule has 2 aromatic heterocycles. The van der Waals surface area contributed by atoms with Crippen molar-refractivity contribution in [2.75, 3.05) is 39.5 Å². The first kappa shape index (κ1) is 25.0. The number of H-pyrrole nitrogens is 1. The molecule has 3 heterocycles. The number of nitrogens with two attached hydrogens (primary N) is 1. The normalized spacial score (nSPS) is 15.1. The summed E-state index contributed by atoms with van der Waals surface area (Å²) in [7, 11) is 3.78. The second kappa shape index (κ2) is 10.4. The highest BCUT2D eigenvalue weighted by atomic mass is 19.1. The summed E-state index contributed by atoms with van der Waals surface area (Å²) in [5, 5.41) is 6.99. The molecule has 0 bridgehead atoms. The molecular weight excluding hydrogens is 487 g/mol. The van der Waals surface area contributed by atoms with Crippen LogP contribution in [-0.2, 0) is 4.79 Å². The third-order valence-corrected chi connectivity index (χ3v) is 6.45. The summed E-state index contributed by atoms with van der Waals surface area (Å²) in [6.45, 7) is 1.46. The van der Waals surface area contributed by atoms with E-state index in [1.807, 2.05) is 41.9 Å². The number of amides is 1. The molecule has 2 aromatic carbocycles. The number of nitrogens with one attached hydrogen (secondary N) is 1. The van der Waals surface area contributed by atoms with E-state index in [4.69, 9.17) is 10.5 Å². The van der Waals surface area contributed by atoms with E-state index in [2.05, 4.69) is 22.0 Å². The number of hydrogen-bond acceptors (Lipinski definition) is 6. The Morgan fingerprint density at radius 1 is 1.24 bits per heavy atom. The number of hydrogen-bond donors (Lipinski definition) is 2. The fourth-order valence-electron chi connectivity index (χ4n) is 4.60. The third-order valence-electron chi connectivity index (χ3n) is 6.45. The number of likely N-dealkylation sites (tertiary alicyclic amines) is 1. The van der Waals surface area contributed by atoms with Crippen molar-refractivity contribution in [1.82, 2.24) is 24.6 Å². The van der Waals surface area contributed by atoms with Gasteiger partial charge in [0, 0.05) is 24.8 Å². The molecule has 194 valence electrons. The third kappa shape index (κ3) is 4.96. The molecule has 1 aliphatic rings. The molecule has 1 fully saturated rings. The van der Waals surface area contributed by atoms with Gasteiger partial charge < -0.3 is 19.9 Å². The lowest BCUT2D eigenvalue weighted by atomic mass is 10.1. The predicted octanol–water partition coefficient (Wildman–Crippen LogP) is 3.24. The fraction of sp³-hybridized carbons (Fsp3) is 0.250. The van der Waals surface area contributed by atoms with Crippen LogP contribution in [0.2, 0.25) is 0 Å². The van der Waals surface area contributed by atoms with E-state index in [1.54, 1.807) is 35.2 Å². The van der Waals surface area contributed by atoms with Gasteiger partial charge in [0.05, 0.1) is 18.0 Å². The molecular formula is C28H27FN6O3. The van der Waals surface area contributed by atoms with Crippen molar-refractivity contribution in [2.45, 2.75) is 12.5 Å². The highest BCUT2D eigenvalue weighted by Gasteiger charge is 2.29. The number of ether oxygens (including phenoxy) is 1. The van der Waals surface area contributed by atoms with Gasteiger partial charge in [-0.1, -0.05) is 30.2 Å². The minimum atomic E-state index is -0.453. The number of fused-ring (bicyclic) bond motifs is 1. The van der Waals surface area contributed by atoms with E-state index in [9.17, 15) is 14.0 Å². The first-order valence-electron chi connectivity index (χ1n) is 12.2. The zero-order valence-electron chi connectivity index (χ0n) is 21.1. The number of carbonyl (C=O) groups is 1. The van der Waals surface area contributed by atoms with Gasteiger partial charge in [-0.2, -0.15) is 5.10 Å². The number of aromatic nitrogens is 3. The van der Waals surface area contributed by atoms with Gasteiger partial charge in [0.25, 0.3) is 11.5 Å². The SMILES string of the molecule is CN(C)CC#CC(=O)N1CCC(n2cc(-c3ccc(Oc4ccccc4F)cc3)c3c(N)n[nH]c(=O)c32)C1. The Balaban J connectivity index is 1.45. The van der Waals surface area contributed by atoms with Crippen molar-refractivity contribution in [3.63, 3.8) is 0 Å². The number of carbonyl (C=O) groups excluding carboxylic acids is 1. The maximum atomic E-state index is 14.0. The van der Waals surface area contributed by atoms with Crippen LogP contribution in [0.3, 0.4) is 0 Å². The molecule has 1 atom stereocenters. The fourth-order valence-corrected chi connectivity index (χ4v) is 4.60. The molecule has 9 nitrogen and oxygen atoms in total. The van der Waals surface area contributed by atoms with Crippen LogP contribution in [0, 0.1) is 17.7 Å². The predicted molar refractivity (Wildman–Crippen MR) is 143 cm³/mol. The van der Waals surface area contributed by atoms with E-state index in [1.165, 1.54) is 6.07 Å². The Bertz CT molecular complexity index is 1610. The average molecular weight is 515 g/mol. The van der Waals surface area contributed by atoms with Gasteiger partial charge in [-0.25, -0.2) is 9.49 Å². The van der Waals surface area contributed by atoms with Crippen LogP contribution in [-0.4, -0.2) is 64.2 Å². The average Bonchev–Trinajstić information content (AvgIpc) is 3.54. The molecule has 1 unspecified atom stereocenters. The Hall–Kier alpha value is -4.62. The molecule has 3 N–H and O–H groups in total. The molecule has 1 amide bonds. The first-order chi connectivity index (χ1) is 18.3. The zero-order chi connectivity index (χ0) is 26.8. The molecule has 38 heavy (non-hydrogen) atoms. The van der Waals surface area contributed by atoms with Crippen molar-refractivity contribution < 1.29 is 13.9 Å². The van der Waals surface area contributed by atoms with Crippen LogP contribution < -0.4 is 16.0 Å². The van der Waals surface area contributed by atoms with Crippen LogP contribution in [0.25, 0.3) is 22.0 Å². The number of rotatable bonds is 5. The minimum Gasteiger partial charge on any atom is -0.454 e. The van der Waals surface area contributed by atoms with Crippen molar-refractivity contribution in [1.29, 1.82) is 0 Å². The van der Waals surface area contributed by atoms with E-state index >= 15 is 0 Å². The first-order valence-corrected chi connectivity index (χ1v) is 12.2. The molecule has 0 radical (unpaired) electrons. The van der Waals surface area contributed by atoms with Gasteiger partial charge in [-0.3, -0.25) is 14.5 Å². The molecule has 0 aliphatic carbocycles. The number of halogens is 1. The number of nitrogens with zero attached hydrogens (tertiary/aromatic N) is 4. The van der Waals surface area contributed by atoms with Gasteiger partial charge in [0.1, 0.15) is 11.3 Å². The molecule has 1 aliphatic heterocycles. The van der Waals surface area contributed by atoms with Crippen molar-refractivity contribution in [3.8, 4) is 34.5 Å². The maximum Gasteiger partial charge on any atom is 0.298 e. The Labute approximate surface area is 218 Å². The topological polar surface area (TPSA) is 109 Å². The summed E-state index contributed by atoms with van der Waals surface area (Å²) < 4.78 is 21.5. The number of benzene rings is 2. The van der Waals surface area contributed by atoms with E-state index < -0.39 is 5.82 Å². The Kier molecular flexibility index (Phi) is 6.85. The monoisotopic (exact) mass is 514 g/mol. The molecule has 0 saturated carbocycles. The van der Waals surface area contributed by atoms with Crippen LogP contribution in [0.4, 0.5) is 10.2 Å². The van der Waals surface area contributed by atoms with E-state index in [-0.39, 0.29) is 29.1 Å². The smallest absolute Gasteiger partial charge is 0.298 e. The summed E-state index contributed by atoms with van der Waals surface area (Å²) in [5.41, 5.74) is 7.78. The van der Waals surface area contributed by atoms with Gasteiger partial charge in [-0.15, -0.1) is 0 Å². The lowest BCUT2D eigenvalue weighted by Crippen LogP contribution is -2.28. The number of aromatic amines is 1. The van der Waals surface area contributed by atoms with Crippen LogP contribution in [0.15, 0.2) is 59.5 Å². The second-order valence-corrected chi connectivity index (χ2v) is 9.40. The summed E-state index contributed by atoms with van der Waals surface area (Å²) in [6.07, 6.45) is 2.54.